The quantitative estimate of drug-likeness (QED) is 0.558. The molecular formula is C10H18N2. The molecule has 0 aromatic carbocycles. The molecule has 1 fully saturated rings. The minimum absolute atomic E-state index is 0.598. The Labute approximate surface area is 74.4 Å². The van der Waals surface area contributed by atoms with Crippen molar-refractivity contribution < 1.29 is 0 Å². The Bertz CT molecular complexity index is 188. The average molecular weight is 166 g/mol. The average Bonchev–Trinajstić information content (AvgIpc) is 2.54. The summed E-state index contributed by atoms with van der Waals surface area (Å²) in [6.45, 7) is 4.71. The number of fused-ring (bicyclic) bond motifs is 1. The highest BCUT2D eigenvalue weighted by molar-refractivity contribution is 5.10. The van der Waals surface area contributed by atoms with Crippen molar-refractivity contribution >= 4 is 0 Å². The molecule has 0 radical (unpaired) electrons. The van der Waals surface area contributed by atoms with Crippen molar-refractivity contribution in [1.29, 1.82) is 0 Å². The van der Waals surface area contributed by atoms with Gasteiger partial charge in [0.2, 0.25) is 0 Å². The molecular weight excluding hydrogens is 148 g/mol. The van der Waals surface area contributed by atoms with Crippen LogP contribution < -0.4 is 10.6 Å². The molecule has 0 saturated carbocycles. The molecule has 1 saturated heterocycles. The third kappa shape index (κ3) is 1.19. The topological polar surface area (TPSA) is 24.1 Å². The fourth-order valence-corrected chi connectivity index (χ4v) is 2.58. The normalized spacial score (nSPS) is 46.2. The van der Waals surface area contributed by atoms with Crippen LogP contribution in [0.2, 0.25) is 0 Å². The summed E-state index contributed by atoms with van der Waals surface area (Å²) in [6.07, 6.45) is 4.69. The van der Waals surface area contributed by atoms with Crippen molar-refractivity contribution in [1.82, 2.24) is 10.6 Å². The summed E-state index contributed by atoms with van der Waals surface area (Å²) in [6, 6.07) is 0.598. The van der Waals surface area contributed by atoms with Gasteiger partial charge in [-0.25, -0.2) is 0 Å². The minimum Gasteiger partial charge on any atom is -0.316 e. The Morgan fingerprint density at radius 3 is 2.75 bits per heavy atom. The van der Waals surface area contributed by atoms with Crippen molar-refractivity contribution in [2.75, 3.05) is 20.1 Å². The Kier molecular flexibility index (Phi) is 2.20. The van der Waals surface area contributed by atoms with Gasteiger partial charge in [0.15, 0.2) is 0 Å². The summed E-state index contributed by atoms with van der Waals surface area (Å²) < 4.78 is 0. The molecule has 0 amide bonds. The van der Waals surface area contributed by atoms with Crippen LogP contribution in [-0.2, 0) is 0 Å². The molecule has 0 spiro atoms. The zero-order chi connectivity index (χ0) is 8.55. The van der Waals surface area contributed by atoms with E-state index < -0.39 is 0 Å². The first-order chi connectivity index (χ1) is 5.83. The first kappa shape index (κ1) is 8.27. The lowest BCUT2D eigenvalue weighted by Gasteiger charge is -2.32. The molecule has 68 valence electrons. The zero-order valence-corrected chi connectivity index (χ0v) is 7.88. The van der Waals surface area contributed by atoms with E-state index in [9.17, 15) is 0 Å². The Morgan fingerprint density at radius 2 is 2.00 bits per heavy atom. The molecule has 1 aliphatic carbocycles. The first-order valence-electron chi connectivity index (χ1n) is 4.89. The lowest BCUT2D eigenvalue weighted by Crippen LogP contribution is -2.40. The molecule has 1 aliphatic heterocycles. The smallest absolute Gasteiger partial charge is 0.0291 e. The fraction of sp³-hybridized carbons (Fsp3) is 0.800. The summed E-state index contributed by atoms with van der Waals surface area (Å²) in [5, 5.41) is 6.85. The predicted octanol–water partition coefficient (Wildman–Crippen LogP) is 0.616. The molecule has 0 aromatic heterocycles. The maximum absolute atomic E-state index is 3.48. The van der Waals surface area contributed by atoms with Crippen molar-refractivity contribution in [2.45, 2.75) is 13.0 Å². The van der Waals surface area contributed by atoms with Crippen LogP contribution in [0.4, 0.5) is 0 Å². The highest BCUT2D eigenvalue weighted by Crippen LogP contribution is 2.32. The third-order valence-corrected chi connectivity index (χ3v) is 3.40. The second-order valence-electron chi connectivity index (χ2n) is 4.04. The molecule has 4 atom stereocenters. The largest absolute Gasteiger partial charge is 0.316 e. The molecule has 2 aliphatic rings. The zero-order valence-electron chi connectivity index (χ0n) is 7.88. The summed E-state index contributed by atoms with van der Waals surface area (Å²) >= 11 is 0. The van der Waals surface area contributed by atoms with E-state index in [4.69, 9.17) is 0 Å². The van der Waals surface area contributed by atoms with E-state index in [1.165, 1.54) is 13.1 Å². The van der Waals surface area contributed by atoms with Gasteiger partial charge >= 0.3 is 0 Å². The number of hydrogen-bond donors (Lipinski definition) is 2. The van der Waals surface area contributed by atoms with E-state index in [-0.39, 0.29) is 0 Å². The fourth-order valence-electron chi connectivity index (χ4n) is 2.58. The van der Waals surface area contributed by atoms with Crippen LogP contribution in [0.15, 0.2) is 12.2 Å². The molecule has 2 nitrogen and oxygen atoms in total. The predicted molar refractivity (Wildman–Crippen MR) is 51.0 cm³/mol. The van der Waals surface area contributed by atoms with Crippen molar-refractivity contribution in [2.24, 2.45) is 17.8 Å². The molecule has 2 rings (SSSR count). The molecule has 1 heterocycles. The van der Waals surface area contributed by atoms with Gasteiger partial charge in [0.1, 0.15) is 0 Å². The van der Waals surface area contributed by atoms with Crippen LogP contribution in [0.1, 0.15) is 6.92 Å². The standard InChI is InChI=1S/C10H18N2/c1-7-3-4-10(11-2)9-6-12-5-8(7)9/h3-4,7-12H,5-6H2,1-2H3. The van der Waals surface area contributed by atoms with Gasteiger partial charge in [-0.2, -0.15) is 0 Å². The van der Waals surface area contributed by atoms with E-state index in [2.05, 4.69) is 36.8 Å². The van der Waals surface area contributed by atoms with Crippen molar-refractivity contribution in [3.63, 3.8) is 0 Å². The second kappa shape index (κ2) is 3.19. The number of hydrogen-bond acceptors (Lipinski definition) is 2. The van der Waals surface area contributed by atoms with Crippen LogP contribution in [0, 0.1) is 17.8 Å². The van der Waals surface area contributed by atoms with Crippen LogP contribution in [0.5, 0.6) is 0 Å². The van der Waals surface area contributed by atoms with E-state index in [0.29, 0.717) is 6.04 Å². The van der Waals surface area contributed by atoms with Crippen LogP contribution in [0.25, 0.3) is 0 Å². The maximum Gasteiger partial charge on any atom is 0.0291 e. The van der Waals surface area contributed by atoms with Gasteiger partial charge in [-0.15, -0.1) is 0 Å². The van der Waals surface area contributed by atoms with E-state index in [1.54, 1.807) is 0 Å². The molecule has 4 unspecified atom stereocenters. The molecule has 12 heavy (non-hydrogen) atoms. The maximum atomic E-state index is 3.48. The molecule has 2 N–H and O–H groups in total. The van der Waals surface area contributed by atoms with Gasteiger partial charge in [-0.05, 0) is 31.3 Å². The minimum atomic E-state index is 0.598. The van der Waals surface area contributed by atoms with Gasteiger partial charge in [-0.1, -0.05) is 19.1 Å². The van der Waals surface area contributed by atoms with Gasteiger partial charge in [-0.3, -0.25) is 0 Å². The Morgan fingerprint density at radius 1 is 1.25 bits per heavy atom. The highest BCUT2D eigenvalue weighted by Gasteiger charge is 2.36. The van der Waals surface area contributed by atoms with E-state index >= 15 is 0 Å². The SMILES string of the molecule is CNC1C=CC(C)C2CNCC12. The number of rotatable bonds is 1. The van der Waals surface area contributed by atoms with Crippen molar-refractivity contribution in [3.05, 3.63) is 12.2 Å². The van der Waals surface area contributed by atoms with Gasteiger partial charge in [0.25, 0.3) is 0 Å². The van der Waals surface area contributed by atoms with Crippen LogP contribution >= 0.6 is 0 Å². The number of likely N-dealkylation sites (N-methyl/N-ethyl adjacent to an activating group) is 1. The van der Waals surface area contributed by atoms with Crippen LogP contribution in [-0.4, -0.2) is 26.2 Å². The number of nitrogens with one attached hydrogen (secondary N) is 2. The highest BCUT2D eigenvalue weighted by atomic mass is 15.0. The third-order valence-electron chi connectivity index (χ3n) is 3.40. The first-order valence-corrected chi connectivity index (χ1v) is 4.89. The van der Waals surface area contributed by atoms with Gasteiger partial charge in [0.05, 0.1) is 0 Å². The lowest BCUT2D eigenvalue weighted by molar-refractivity contribution is 0.284. The van der Waals surface area contributed by atoms with E-state index in [1.807, 2.05) is 0 Å². The summed E-state index contributed by atoms with van der Waals surface area (Å²) in [7, 11) is 2.06. The van der Waals surface area contributed by atoms with Gasteiger partial charge in [0, 0.05) is 12.6 Å². The summed E-state index contributed by atoms with van der Waals surface area (Å²) in [5.74, 6) is 2.43. The van der Waals surface area contributed by atoms with Crippen molar-refractivity contribution in [3.8, 4) is 0 Å². The summed E-state index contributed by atoms with van der Waals surface area (Å²) in [4.78, 5) is 0. The Hall–Kier alpha value is -0.340. The second-order valence-corrected chi connectivity index (χ2v) is 4.04. The monoisotopic (exact) mass is 166 g/mol. The molecule has 0 bridgehead atoms. The van der Waals surface area contributed by atoms with Gasteiger partial charge < -0.3 is 10.6 Å². The Balaban J connectivity index is 2.15. The molecule has 2 heteroatoms. The summed E-state index contributed by atoms with van der Waals surface area (Å²) in [5.41, 5.74) is 0. The molecule has 0 aromatic rings. The van der Waals surface area contributed by atoms with E-state index in [0.717, 1.165) is 17.8 Å². The number of allylic oxidation sites excluding steroid dienone is 1. The lowest BCUT2D eigenvalue weighted by atomic mass is 9.76. The van der Waals surface area contributed by atoms with Crippen LogP contribution in [0.3, 0.4) is 0 Å².